The summed E-state index contributed by atoms with van der Waals surface area (Å²) in [5, 5.41) is 119. The molecule has 0 spiro atoms. The Balaban J connectivity index is 1.87. The Morgan fingerprint density at radius 1 is 0.687 bits per heavy atom. The van der Waals surface area contributed by atoms with Crippen LogP contribution >= 0.6 is 0 Å². The van der Waals surface area contributed by atoms with E-state index in [0.29, 0.717) is 0 Å². The van der Waals surface area contributed by atoms with E-state index < -0.39 is 148 Å². The summed E-state index contributed by atoms with van der Waals surface area (Å²) in [6.45, 7) is 6.21. The third-order valence-corrected chi connectivity index (χ3v) is 12.3. The van der Waals surface area contributed by atoms with Gasteiger partial charge in [-0.15, -0.1) is 0 Å². The monoisotopic (exact) mass is 952 g/mol. The molecule has 0 aliphatic carbocycles. The van der Waals surface area contributed by atoms with Gasteiger partial charge in [0.05, 0.1) is 74.1 Å². The van der Waals surface area contributed by atoms with Crippen molar-refractivity contribution in [3.63, 3.8) is 0 Å². The van der Waals surface area contributed by atoms with Crippen LogP contribution in [0.2, 0.25) is 0 Å². The van der Waals surface area contributed by atoms with Gasteiger partial charge in [-0.3, -0.25) is 4.79 Å². The number of hydrogen-bond donors (Lipinski definition) is 13. The van der Waals surface area contributed by atoms with E-state index in [4.69, 9.17) is 30.4 Å². The molecule has 2 fully saturated rings. The molecule has 3 heterocycles. The van der Waals surface area contributed by atoms with Crippen LogP contribution in [0.1, 0.15) is 79.1 Å². The van der Waals surface area contributed by atoms with Gasteiger partial charge in [0.1, 0.15) is 24.4 Å². The Morgan fingerprint density at radius 3 is 1.85 bits per heavy atom. The summed E-state index contributed by atoms with van der Waals surface area (Å²) in [5.74, 6) is -4.97. The highest BCUT2D eigenvalue weighted by molar-refractivity contribution is 5.76. The Kier molecular flexibility index (Phi) is 24.8. The number of aliphatic imine (C=N–C) groups is 1. The smallest absolute Gasteiger partial charge is 0.308 e. The molecular weight excluding hydrogens is 875 g/mol. The van der Waals surface area contributed by atoms with Crippen molar-refractivity contribution in [3.05, 3.63) is 85.1 Å². The van der Waals surface area contributed by atoms with Crippen LogP contribution in [0.25, 0.3) is 0 Å². The van der Waals surface area contributed by atoms with Crippen LogP contribution in [-0.2, 0) is 23.7 Å². The molecule has 15 N–H and O–H groups in total. The highest BCUT2D eigenvalue weighted by Crippen LogP contribution is 2.38. The molecule has 0 aromatic rings. The van der Waals surface area contributed by atoms with Crippen LogP contribution in [-0.4, -0.2) is 172 Å². The van der Waals surface area contributed by atoms with Gasteiger partial charge in [0.25, 0.3) is 0 Å². The van der Waals surface area contributed by atoms with E-state index in [-0.39, 0.29) is 37.6 Å². The molecule has 0 amide bonds. The minimum Gasteiger partial charge on any atom is -0.462 e. The van der Waals surface area contributed by atoms with Gasteiger partial charge in [0.15, 0.2) is 18.0 Å². The van der Waals surface area contributed by atoms with Gasteiger partial charge in [0, 0.05) is 43.4 Å². The van der Waals surface area contributed by atoms with Gasteiger partial charge in [-0.05, 0) is 33.1 Å². The lowest BCUT2D eigenvalue weighted by Crippen LogP contribution is -2.58. The molecular formula is C48H77N3O16. The van der Waals surface area contributed by atoms with Crippen molar-refractivity contribution in [1.82, 2.24) is 0 Å². The maximum absolute atomic E-state index is 12.6. The van der Waals surface area contributed by atoms with Gasteiger partial charge in [-0.2, -0.15) is 0 Å². The van der Waals surface area contributed by atoms with E-state index in [1.807, 2.05) is 43.4 Å². The zero-order chi connectivity index (χ0) is 49.8. The molecule has 2 bridgehead atoms. The zero-order valence-electron chi connectivity index (χ0n) is 38.9. The molecule has 2 saturated heterocycles. The van der Waals surface area contributed by atoms with Crippen LogP contribution in [0.15, 0.2) is 90.1 Å². The topological polar surface area (TPSA) is 341 Å². The van der Waals surface area contributed by atoms with E-state index >= 15 is 0 Å². The second-order valence-corrected chi connectivity index (χ2v) is 18.0. The third kappa shape index (κ3) is 19.7. The Morgan fingerprint density at radius 2 is 1.27 bits per heavy atom. The molecule has 19 atom stereocenters. The Bertz CT molecular complexity index is 1720. The van der Waals surface area contributed by atoms with Crippen LogP contribution in [0.4, 0.5) is 0 Å². The van der Waals surface area contributed by atoms with Crippen molar-refractivity contribution in [2.75, 3.05) is 6.61 Å². The number of rotatable bonds is 4. The fourth-order valence-corrected chi connectivity index (χ4v) is 8.22. The lowest BCUT2D eigenvalue weighted by molar-refractivity contribution is -0.312. The van der Waals surface area contributed by atoms with Crippen molar-refractivity contribution in [1.29, 1.82) is 0 Å². The van der Waals surface area contributed by atoms with E-state index in [1.165, 1.54) is 0 Å². The summed E-state index contributed by atoms with van der Waals surface area (Å²) in [4.78, 5) is 16.6. The number of nitrogens with zero attached hydrogens (tertiary/aromatic N) is 1. The maximum atomic E-state index is 12.6. The Hall–Kier alpha value is -3.64. The minimum atomic E-state index is -2.19. The molecule has 0 saturated carbocycles. The van der Waals surface area contributed by atoms with Gasteiger partial charge in [0.2, 0.25) is 0 Å². The van der Waals surface area contributed by atoms with Crippen LogP contribution in [0.3, 0.4) is 0 Å². The molecule has 0 radical (unpaired) electrons. The van der Waals surface area contributed by atoms with Gasteiger partial charge >= 0.3 is 5.97 Å². The van der Waals surface area contributed by atoms with Crippen molar-refractivity contribution >= 4 is 11.9 Å². The normalized spacial score (nSPS) is 44.4. The largest absolute Gasteiger partial charge is 0.462 e. The van der Waals surface area contributed by atoms with Crippen molar-refractivity contribution in [2.45, 2.75) is 177 Å². The lowest BCUT2D eigenvalue weighted by Gasteiger charge is -2.46. The number of esters is 1. The summed E-state index contributed by atoms with van der Waals surface area (Å²) >= 11 is 0. The number of hydrogen-bond acceptors (Lipinski definition) is 17. The number of nitrogens with two attached hydrogens (primary N) is 2. The molecule has 67 heavy (non-hydrogen) atoms. The fraction of sp³-hybridized carbons (Fsp3) is 0.667. The number of aliphatic hydroxyl groups is 11. The van der Waals surface area contributed by atoms with E-state index in [9.17, 15) is 61.0 Å². The molecule has 0 unspecified atom stereocenters. The van der Waals surface area contributed by atoms with Crippen molar-refractivity contribution in [3.8, 4) is 0 Å². The molecule has 380 valence electrons. The first-order chi connectivity index (χ1) is 31.6. The summed E-state index contributed by atoms with van der Waals surface area (Å²) < 4.78 is 23.6. The summed E-state index contributed by atoms with van der Waals surface area (Å²) in [6, 6.07) is -1.21. The summed E-state index contributed by atoms with van der Waals surface area (Å²) in [6.07, 6.45) is 5.26. The number of fused-ring (bicyclic) bond motifs is 2. The number of allylic oxidation sites excluding steroid dienone is 12. The molecule has 3 aliphatic heterocycles. The standard InChI is InChI=1S/C48H77N3O16/c1-28-17-15-13-11-9-7-5-6-8-10-12-14-16-18-35(66-46-45(62)42(51-47(49)50)44(61)31(4)65-46)24-40-36(27-52)39(58)26-48(63,67-40)25-34(55)22-38(57)37(56)20-19-32(53)21-33(54)23-41(59)64-30(3)29(2)43(28)60/h5-18,28-40,42-46,52-58,60-63H,19-27H2,1-4H3,(H4,49,50,51)/b6-5+,9-7+,10-8+,13-11+,14-12+,17-15+,18-16+/t28-,29-,30-,31+,32+,33+,34-,35-,36+,37+,38+,39-,40-,42-,43+,44+,45-,46-,48+/m0/s1. The third-order valence-electron chi connectivity index (χ3n) is 12.3. The average Bonchev–Trinajstić information content (AvgIpc) is 3.24. The SMILES string of the molecule is C[C@@H]1[C@H](O)[C@@H](C)/C=C/C=C/C=C/C=C/C=C/C=C/C=C/[C@H](O[C@@H]2O[C@H](C)[C@@H](O)[C@H](N=C(N)N)[C@@H]2O)C[C@@H]2O[C@](O)(C[C@@H](O)C[C@@H](O)[C@H](O)CC[C@@H](O)C[C@@H](O)CC(=O)O[C@H]1C)C[C@H](O)[C@H]2CO. The molecule has 19 heteroatoms. The van der Waals surface area contributed by atoms with Crippen LogP contribution < -0.4 is 11.5 Å². The molecule has 3 aliphatic rings. The highest BCUT2D eigenvalue weighted by Gasteiger charge is 2.49. The van der Waals surface area contributed by atoms with E-state index in [1.54, 1.807) is 69.4 Å². The molecule has 3 rings (SSSR count). The second kappa shape index (κ2) is 28.8. The maximum Gasteiger partial charge on any atom is 0.308 e. The lowest BCUT2D eigenvalue weighted by atomic mass is 9.83. The first-order valence-corrected chi connectivity index (χ1v) is 23.1. The van der Waals surface area contributed by atoms with Crippen molar-refractivity contribution < 1.29 is 79.9 Å². The minimum absolute atomic E-state index is 0.0843. The number of carbonyl (C=O) groups excluding carboxylic acids is 1. The fourth-order valence-electron chi connectivity index (χ4n) is 8.22. The number of guanidine groups is 1. The van der Waals surface area contributed by atoms with Crippen LogP contribution in [0, 0.1) is 17.8 Å². The predicted molar refractivity (Wildman–Crippen MR) is 248 cm³/mol. The van der Waals surface area contributed by atoms with E-state index in [2.05, 4.69) is 4.99 Å². The molecule has 0 aromatic carbocycles. The van der Waals surface area contributed by atoms with E-state index in [0.717, 1.165) is 0 Å². The summed E-state index contributed by atoms with van der Waals surface area (Å²) in [7, 11) is 0. The predicted octanol–water partition coefficient (Wildman–Crippen LogP) is -0.0659. The quantitative estimate of drug-likeness (QED) is 0.0997. The highest BCUT2D eigenvalue weighted by atomic mass is 16.7. The Labute approximate surface area is 393 Å². The first kappa shape index (κ1) is 57.7. The average molecular weight is 952 g/mol. The van der Waals surface area contributed by atoms with Gasteiger partial charge in [-0.25, -0.2) is 4.99 Å². The van der Waals surface area contributed by atoms with Gasteiger partial charge in [-0.1, -0.05) is 98.9 Å². The van der Waals surface area contributed by atoms with Gasteiger partial charge < -0.3 is 86.6 Å². The molecule has 0 aromatic heterocycles. The zero-order valence-corrected chi connectivity index (χ0v) is 38.9. The number of cyclic esters (lactones) is 1. The van der Waals surface area contributed by atoms with Crippen LogP contribution in [0.5, 0.6) is 0 Å². The second-order valence-electron chi connectivity index (χ2n) is 18.0. The number of aliphatic hydroxyl groups excluding tert-OH is 10. The number of carbonyl (C=O) groups is 1. The first-order valence-electron chi connectivity index (χ1n) is 23.1. The number of ether oxygens (including phenoxy) is 4. The molecule has 19 nitrogen and oxygen atoms in total. The van der Waals surface area contributed by atoms with Crippen molar-refractivity contribution in [2.24, 2.45) is 34.2 Å². The summed E-state index contributed by atoms with van der Waals surface area (Å²) in [5.41, 5.74) is 11.1.